The topological polar surface area (TPSA) is 9.86 Å². The molecule has 2 heteroatoms. The Kier molecular flexibility index (Phi) is 8.11. The molecule has 2 nitrogen and oxygen atoms in total. The van der Waals surface area contributed by atoms with Gasteiger partial charge in [0.05, 0.1) is 22.1 Å². The predicted octanol–water partition coefficient (Wildman–Crippen LogP) is 15.1. The molecule has 2 heterocycles. The number of hydrogen-bond donors (Lipinski definition) is 0. The van der Waals surface area contributed by atoms with Gasteiger partial charge >= 0.3 is 0 Å². The number of aryl methyl sites for hydroxylation is 2. The Hall–Kier alpha value is -7.16. The van der Waals surface area contributed by atoms with Crippen LogP contribution in [0.5, 0.6) is 0 Å². The largest absolute Gasteiger partial charge is 0.310 e. The fraction of sp³-hybridized carbons (Fsp3) is 0.0714. The van der Waals surface area contributed by atoms with Crippen molar-refractivity contribution in [2.75, 3.05) is 0 Å². The van der Waals surface area contributed by atoms with Crippen LogP contribution in [0.3, 0.4) is 0 Å². The average Bonchev–Trinajstić information content (AvgIpc) is 3.79. The molecule has 2 aromatic heterocycles. The number of hydrogen-bond acceptors (Lipinski definition) is 0. The van der Waals surface area contributed by atoms with E-state index in [1.807, 2.05) is 0 Å². The summed E-state index contributed by atoms with van der Waals surface area (Å²) in [6, 6.07) is 67.0. The minimum atomic E-state index is 0.311. The molecule has 1 aliphatic carbocycles. The van der Waals surface area contributed by atoms with Gasteiger partial charge in [-0.3, -0.25) is 0 Å². The van der Waals surface area contributed by atoms with Gasteiger partial charge in [0, 0.05) is 38.8 Å². The summed E-state index contributed by atoms with van der Waals surface area (Å²) in [7, 11) is 0. The Bertz CT molecular complexity index is 3280. The average molecular weight is 743 g/mol. The normalized spacial score (nSPS) is 14.2. The Balaban J connectivity index is 0.886. The first kappa shape index (κ1) is 34.1. The van der Waals surface area contributed by atoms with Gasteiger partial charge in [-0.2, -0.15) is 0 Å². The molecule has 0 aliphatic heterocycles. The lowest BCUT2D eigenvalue weighted by molar-refractivity contribution is 0.850. The van der Waals surface area contributed by atoms with E-state index in [1.54, 1.807) is 0 Å². The summed E-state index contributed by atoms with van der Waals surface area (Å²) in [4.78, 5) is 0. The van der Waals surface area contributed by atoms with Gasteiger partial charge in [-0.1, -0.05) is 146 Å². The molecule has 0 saturated heterocycles. The van der Waals surface area contributed by atoms with Crippen LogP contribution >= 0.6 is 0 Å². The fourth-order valence-electron chi connectivity index (χ4n) is 9.40. The van der Waals surface area contributed by atoms with Crippen LogP contribution < -0.4 is 0 Å². The van der Waals surface area contributed by atoms with Crippen LogP contribution in [-0.2, 0) is 0 Å². The van der Waals surface area contributed by atoms with E-state index in [-0.39, 0.29) is 0 Å². The standard InChI is InChI=1S/C56H42N2/c1-37-12-3-5-16-47(37)43-26-32-55-51(35-43)49-18-7-9-20-53(49)57(55)45-28-22-39(23-29-45)41-14-11-15-42(34-41)40-24-30-46(31-25-40)58-54-21-10-8-19-50(54)52-36-44(27-33-56(52)58)48-17-6-4-13-38(48)2/h3-24,26-36,40H,25H2,1-2H3. The molecule has 0 N–H and O–H groups in total. The maximum Gasteiger partial charge on any atom is 0.0541 e. The van der Waals surface area contributed by atoms with Crippen molar-refractivity contribution < 1.29 is 0 Å². The first-order valence-corrected chi connectivity index (χ1v) is 20.4. The molecular weight excluding hydrogens is 701 g/mol. The second kappa shape index (κ2) is 13.8. The second-order valence-electron chi connectivity index (χ2n) is 15.8. The summed E-state index contributed by atoms with van der Waals surface area (Å²) >= 11 is 0. The van der Waals surface area contributed by atoms with Crippen LogP contribution in [0.1, 0.15) is 29.0 Å². The summed E-state index contributed by atoms with van der Waals surface area (Å²) < 4.78 is 4.85. The van der Waals surface area contributed by atoms with Gasteiger partial charge in [0.15, 0.2) is 0 Å². The predicted molar refractivity (Wildman–Crippen MR) is 247 cm³/mol. The number of aromatic nitrogens is 2. The van der Waals surface area contributed by atoms with Gasteiger partial charge < -0.3 is 9.13 Å². The first-order chi connectivity index (χ1) is 28.6. The molecular formula is C56H42N2. The molecule has 11 rings (SSSR count). The molecule has 0 amide bonds. The number of nitrogens with zero attached hydrogens (tertiary/aromatic N) is 2. The maximum absolute atomic E-state index is 2.44. The molecule has 58 heavy (non-hydrogen) atoms. The fourth-order valence-corrected chi connectivity index (χ4v) is 9.40. The van der Waals surface area contributed by atoms with Crippen molar-refractivity contribution in [1.29, 1.82) is 0 Å². The van der Waals surface area contributed by atoms with Crippen LogP contribution in [0.15, 0.2) is 200 Å². The number of fused-ring (bicyclic) bond motifs is 6. The van der Waals surface area contributed by atoms with Crippen molar-refractivity contribution in [3.63, 3.8) is 0 Å². The lowest BCUT2D eigenvalue weighted by Crippen LogP contribution is -2.03. The lowest BCUT2D eigenvalue weighted by atomic mass is 9.89. The van der Waals surface area contributed by atoms with E-state index in [1.165, 1.54) is 105 Å². The molecule has 1 aliphatic rings. The van der Waals surface area contributed by atoms with Crippen LogP contribution in [0, 0.1) is 13.8 Å². The Morgan fingerprint density at radius 2 is 0.948 bits per heavy atom. The van der Waals surface area contributed by atoms with Crippen molar-refractivity contribution in [2.24, 2.45) is 0 Å². The summed E-state index contributed by atoms with van der Waals surface area (Å²) in [5.74, 6) is 0.311. The van der Waals surface area contributed by atoms with Crippen molar-refractivity contribution in [3.8, 4) is 39.1 Å². The molecule has 0 saturated carbocycles. The number of para-hydroxylation sites is 2. The molecule has 0 fully saturated rings. The van der Waals surface area contributed by atoms with Gasteiger partial charge in [0.1, 0.15) is 0 Å². The number of allylic oxidation sites excluding steroid dienone is 4. The zero-order valence-corrected chi connectivity index (χ0v) is 32.7. The highest BCUT2D eigenvalue weighted by Gasteiger charge is 2.19. The van der Waals surface area contributed by atoms with Gasteiger partial charge in [0.25, 0.3) is 0 Å². The van der Waals surface area contributed by atoms with Crippen LogP contribution in [-0.4, -0.2) is 9.13 Å². The molecule has 10 aromatic rings. The van der Waals surface area contributed by atoms with E-state index in [4.69, 9.17) is 0 Å². The molecule has 0 spiro atoms. The molecule has 276 valence electrons. The van der Waals surface area contributed by atoms with E-state index >= 15 is 0 Å². The third kappa shape index (κ3) is 5.64. The van der Waals surface area contributed by atoms with E-state index in [9.17, 15) is 0 Å². The molecule has 0 bridgehead atoms. The zero-order valence-electron chi connectivity index (χ0n) is 32.7. The highest BCUT2D eigenvalue weighted by molar-refractivity contribution is 6.12. The third-order valence-electron chi connectivity index (χ3n) is 12.4. The monoisotopic (exact) mass is 742 g/mol. The Morgan fingerprint density at radius 3 is 1.55 bits per heavy atom. The Morgan fingerprint density at radius 1 is 0.414 bits per heavy atom. The van der Waals surface area contributed by atoms with Crippen LogP contribution in [0.2, 0.25) is 0 Å². The van der Waals surface area contributed by atoms with Crippen LogP contribution in [0.25, 0.3) is 88.4 Å². The highest BCUT2D eigenvalue weighted by atomic mass is 15.0. The van der Waals surface area contributed by atoms with Crippen molar-refractivity contribution >= 4 is 49.3 Å². The number of benzene rings is 8. The second-order valence-corrected chi connectivity index (χ2v) is 15.8. The maximum atomic E-state index is 2.44. The van der Waals surface area contributed by atoms with E-state index in [2.05, 4.69) is 223 Å². The quantitative estimate of drug-likeness (QED) is 0.161. The smallest absolute Gasteiger partial charge is 0.0541 e. The highest BCUT2D eigenvalue weighted by Crippen LogP contribution is 2.39. The van der Waals surface area contributed by atoms with Crippen LogP contribution in [0.4, 0.5) is 0 Å². The molecule has 1 unspecified atom stereocenters. The van der Waals surface area contributed by atoms with Gasteiger partial charge in [-0.25, -0.2) is 0 Å². The lowest BCUT2D eigenvalue weighted by Gasteiger charge is -2.19. The molecule has 0 radical (unpaired) electrons. The van der Waals surface area contributed by atoms with Crippen molar-refractivity contribution in [2.45, 2.75) is 26.2 Å². The minimum absolute atomic E-state index is 0.311. The third-order valence-corrected chi connectivity index (χ3v) is 12.4. The molecule has 8 aromatic carbocycles. The summed E-state index contributed by atoms with van der Waals surface area (Å²) in [6.45, 7) is 4.38. The summed E-state index contributed by atoms with van der Waals surface area (Å²) in [5, 5.41) is 5.12. The summed E-state index contributed by atoms with van der Waals surface area (Å²) in [5.41, 5.74) is 18.8. The van der Waals surface area contributed by atoms with E-state index in [0.717, 1.165) is 6.42 Å². The first-order valence-electron chi connectivity index (χ1n) is 20.4. The van der Waals surface area contributed by atoms with E-state index < -0.39 is 0 Å². The number of rotatable bonds is 6. The summed E-state index contributed by atoms with van der Waals surface area (Å²) in [6.07, 6.45) is 8.09. The molecule has 1 atom stereocenters. The van der Waals surface area contributed by atoms with Crippen molar-refractivity contribution in [3.05, 3.63) is 217 Å². The minimum Gasteiger partial charge on any atom is -0.310 e. The zero-order chi connectivity index (χ0) is 38.7. The van der Waals surface area contributed by atoms with Gasteiger partial charge in [-0.15, -0.1) is 0 Å². The Labute approximate surface area is 339 Å². The van der Waals surface area contributed by atoms with E-state index in [0.29, 0.717) is 5.92 Å². The van der Waals surface area contributed by atoms with Gasteiger partial charge in [-0.05, 0) is 125 Å². The van der Waals surface area contributed by atoms with Gasteiger partial charge in [0.2, 0.25) is 0 Å². The SMILES string of the molecule is Cc1ccccc1-c1ccc2c(c1)c1ccccc1n2C1=CCC(c2cccc(-c3ccc(-n4c5ccccc5c5cc(-c6ccccc6C)ccc54)cc3)c2)C=C1. The van der Waals surface area contributed by atoms with Crippen molar-refractivity contribution in [1.82, 2.24) is 9.13 Å².